The third-order valence-electron chi connectivity index (χ3n) is 3.12. The fourth-order valence-corrected chi connectivity index (χ4v) is 2.06. The van der Waals surface area contributed by atoms with E-state index in [1.54, 1.807) is 0 Å². The molecule has 1 rings (SSSR count). The number of allylic oxidation sites excluding steroid dienone is 3. The molecule has 0 atom stereocenters. The van der Waals surface area contributed by atoms with E-state index in [-0.39, 0.29) is 12.0 Å². The van der Waals surface area contributed by atoms with E-state index in [9.17, 15) is 13.6 Å². The molecule has 0 N–H and O–H groups in total. The van der Waals surface area contributed by atoms with E-state index in [0.717, 1.165) is 32.1 Å². The van der Waals surface area contributed by atoms with Crippen molar-refractivity contribution < 1.29 is 13.6 Å². The molecule has 0 saturated heterocycles. The molecule has 1 aliphatic rings. The van der Waals surface area contributed by atoms with Crippen LogP contribution >= 0.6 is 0 Å². The molecule has 0 heterocycles. The van der Waals surface area contributed by atoms with Crippen LogP contribution in [0.1, 0.15) is 58.3 Å². The molecule has 0 aromatic carbocycles. The highest BCUT2D eigenvalue weighted by Gasteiger charge is 2.20. The zero-order valence-corrected chi connectivity index (χ0v) is 10.4. The molecule has 1 aliphatic carbocycles. The Balaban J connectivity index is 2.77. The van der Waals surface area contributed by atoms with Crippen molar-refractivity contribution >= 4 is 5.78 Å². The number of unbranched alkanes of at least 4 members (excludes halogenated alkanes) is 1. The van der Waals surface area contributed by atoms with E-state index in [0.29, 0.717) is 18.4 Å². The number of ketones is 1. The number of Topliss-reactive ketones (excluding diaryl/α,β-unsaturated/α-hetero) is 1. The van der Waals surface area contributed by atoms with Crippen molar-refractivity contribution in [1.29, 1.82) is 0 Å². The van der Waals surface area contributed by atoms with Gasteiger partial charge in [0.1, 0.15) is 0 Å². The van der Waals surface area contributed by atoms with Crippen LogP contribution in [-0.4, -0.2) is 5.78 Å². The Morgan fingerprint density at radius 1 is 1.29 bits per heavy atom. The molecule has 0 radical (unpaired) electrons. The van der Waals surface area contributed by atoms with Crippen LogP contribution in [0.2, 0.25) is 0 Å². The van der Waals surface area contributed by atoms with Gasteiger partial charge in [-0.15, -0.1) is 0 Å². The Kier molecular flexibility index (Phi) is 6.09. The van der Waals surface area contributed by atoms with Crippen LogP contribution in [0.3, 0.4) is 0 Å². The van der Waals surface area contributed by atoms with E-state index in [1.807, 2.05) is 13.0 Å². The van der Waals surface area contributed by atoms with Gasteiger partial charge in [-0.1, -0.05) is 25.8 Å². The molecular weight excluding hydrogens is 222 g/mol. The van der Waals surface area contributed by atoms with Crippen LogP contribution in [0.4, 0.5) is 8.78 Å². The lowest BCUT2D eigenvalue weighted by molar-refractivity contribution is -0.112. The number of hydrogen-bond donors (Lipinski definition) is 0. The smallest absolute Gasteiger partial charge is 0.277 e. The average Bonchev–Trinajstić information content (AvgIpc) is 2.57. The number of rotatable bonds is 5. The van der Waals surface area contributed by atoms with Crippen LogP contribution in [0.5, 0.6) is 0 Å². The Labute approximate surface area is 102 Å². The first kappa shape index (κ1) is 14.1. The van der Waals surface area contributed by atoms with Gasteiger partial charge in [0.15, 0.2) is 5.78 Å². The maximum atomic E-state index is 12.8. The van der Waals surface area contributed by atoms with Crippen molar-refractivity contribution in [2.24, 2.45) is 0 Å². The first-order valence-electron chi connectivity index (χ1n) is 6.44. The predicted molar refractivity (Wildman–Crippen MR) is 64.9 cm³/mol. The normalized spacial score (nSPS) is 16.1. The fraction of sp³-hybridized carbons (Fsp3) is 0.643. The van der Waals surface area contributed by atoms with E-state index >= 15 is 0 Å². The summed E-state index contributed by atoms with van der Waals surface area (Å²) in [4.78, 5) is 12.0. The molecule has 0 saturated carbocycles. The maximum absolute atomic E-state index is 12.8. The van der Waals surface area contributed by atoms with Gasteiger partial charge in [0, 0.05) is 0 Å². The van der Waals surface area contributed by atoms with Gasteiger partial charge in [-0.3, -0.25) is 4.79 Å². The Bertz CT molecular complexity index is 325. The van der Waals surface area contributed by atoms with E-state index in [2.05, 4.69) is 0 Å². The summed E-state index contributed by atoms with van der Waals surface area (Å²) >= 11 is 0. The van der Waals surface area contributed by atoms with Gasteiger partial charge in [-0.25, -0.2) is 0 Å². The first-order valence-corrected chi connectivity index (χ1v) is 6.44. The Morgan fingerprint density at radius 2 is 2.06 bits per heavy atom. The van der Waals surface area contributed by atoms with E-state index in [1.165, 1.54) is 0 Å². The summed E-state index contributed by atoms with van der Waals surface area (Å²) in [6.07, 6.45) is 6.30. The second kappa shape index (κ2) is 7.36. The van der Waals surface area contributed by atoms with Crippen molar-refractivity contribution in [2.45, 2.75) is 58.3 Å². The third kappa shape index (κ3) is 4.41. The molecule has 17 heavy (non-hydrogen) atoms. The van der Waals surface area contributed by atoms with Gasteiger partial charge in [-0.05, 0) is 44.1 Å². The predicted octanol–water partition coefficient (Wildman–Crippen LogP) is 4.79. The highest BCUT2D eigenvalue weighted by molar-refractivity contribution is 6.08. The van der Waals surface area contributed by atoms with Gasteiger partial charge >= 0.3 is 0 Å². The number of carbonyl (C=O) groups excluding carboxylic acids is 1. The monoisotopic (exact) mass is 242 g/mol. The van der Waals surface area contributed by atoms with Gasteiger partial charge < -0.3 is 0 Å². The number of carbonyl (C=O) groups is 1. The number of halogens is 2. The minimum Gasteiger partial charge on any atom is -0.289 e. The molecule has 0 bridgehead atoms. The highest BCUT2D eigenvalue weighted by Crippen LogP contribution is 2.25. The minimum atomic E-state index is -1.80. The Morgan fingerprint density at radius 3 is 2.71 bits per heavy atom. The van der Waals surface area contributed by atoms with Crippen LogP contribution in [0.15, 0.2) is 23.3 Å². The van der Waals surface area contributed by atoms with Gasteiger partial charge in [0.25, 0.3) is 6.08 Å². The van der Waals surface area contributed by atoms with Crippen molar-refractivity contribution in [1.82, 2.24) is 0 Å². The summed E-state index contributed by atoms with van der Waals surface area (Å²) in [7, 11) is 0. The van der Waals surface area contributed by atoms with Crippen LogP contribution in [0.25, 0.3) is 0 Å². The lowest BCUT2D eigenvalue weighted by Gasteiger charge is -2.07. The quantitative estimate of drug-likeness (QED) is 0.634. The van der Waals surface area contributed by atoms with Crippen molar-refractivity contribution in [2.75, 3.05) is 0 Å². The number of hydrogen-bond acceptors (Lipinski definition) is 1. The van der Waals surface area contributed by atoms with E-state index in [4.69, 9.17) is 0 Å². The molecule has 1 nitrogen and oxygen atoms in total. The topological polar surface area (TPSA) is 17.1 Å². The third-order valence-corrected chi connectivity index (χ3v) is 3.12. The summed E-state index contributed by atoms with van der Waals surface area (Å²) in [5.41, 5.74) is 0.335. The fourth-order valence-electron chi connectivity index (χ4n) is 2.06. The minimum absolute atomic E-state index is 0.203. The van der Waals surface area contributed by atoms with Gasteiger partial charge in [0.2, 0.25) is 0 Å². The van der Waals surface area contributed by atoms with E-state index < -0.39 is 11.9 Å². The molecule has 0 amide bonds. The molecule has 0 aromatic rings. The van der Waals surface area contributed by atoms with Gasteiger partial charge in [-0.2, -0.15) is 8.78 Å². The highest BCUT2D eigenvalue weighted by atomic mass is 19.3. The van der Waals surface area contributed by atoms with Crippen LogP contribution < -0.4 is 0 Å². The Hall–Kier alpha value is -0.990. The second-order valence-corrected chi connectivity index (χ2v) is 4.50. The zero-order valence-electron chi connectivity index (χ0n) is 10.4. The van der Waals surface area contributed by atoms with Crippen molar-refractivity contribution in [3.63, 3.8) is 0 Å². The maximum Gasteiger partial charge on any atom is 0.277 e. The summed E-state index contributed by atoms with van der Waals surface area (Å²) in [6, 6.07) is 0. The second-order valence-electron chi connectivity index (χ2n) is 4.50. The molecular formula is C14H20F2O. The zero-order chi connectivity index (χ0) is 12.7. The molecule has 0 unspecified atom stereocenters. The molecule has 0 fully saturated rings. The standard InChI is InChI=1S/C14H20F2O/c1-2-3-10-12(14(15)16)13(17)11-8-6-4-5-7-9-11/h8H,2-7,9-10H2,1H3. The molecule has 0 spiro atoms. The average molecular weight is 242 g/mol. The summed E-state index contributed by atoms with van der Waals surface area (Å²) in [5.74, 6) is -0.416. The summed E-state index contributed by atoms with van der Waals surface area (Å²) in [5, 5.41) is 0. The summed E-state index contributed by atoms with van der Waals surface area (Å²) < 4.78 is 25.5. The molecule has 0 aromatic heterocycles. The molecule has 3 heteroatoms. The lowest BCUT2D eigenvalue weighted by atomic mass is 9.97. The molecule has 0 aliphatic heterocycles. The largest absolute Gasteiger partial charge is 0.289 e. The first-order chi connectivity index (χ1) is 8.16. The van der Waals surface area contributed by atoms with Crippen LogP contribution in [-0.2, 0) is 4.79 Å². The lowest BCUT2D eigenvalue weighted by Crippen LogP contribution is -2.07. The van der Waals surface area contributed by atoms with Crippen molar-refractivity contribution in [3.05, 3.63) is 23.3 Å². The SMILES string of the molecule is CCCCC(C(=O)C1=CCCCCC1)=C(F)F. The van der Waals surface area contributed by atoms with Gasteiger partial charge in [0.05, 0.1) is 5.57 Å². The van der Waals surface area contributed by atoms with Crippen LogP contribution in [0, 0.1) is 0 Å². The summed E-state index contributed by atoms with van der Waals surface area (Å²) in [6.45, 7) is 1.93. The molecule has 96 valence electrons. The van der Waals surface area contributed by atoms with Crippen molar-refractivity contribution in [3.8, 4) is 0 Å².